The highest BCUT2D eigenvalue weighted by Crippen LogP contribution is 2.18. The van der Waals surface area contributed by atoms with Crippen LogP contribution in [0.15, 0.2) is 60.0 Å². The minimum absolute atomic E-state index is 0.0702. The van der Waals surface area contributed by atoms with Gasteiger partial charge in [-0.1, -0.05) is 41.9 Å². The maximum atomic E-state index is 12.9. The molecule has 1 aliphatic rings. The van der Waals surface area contributed by atoms with Crippen LogP contribution in [0.25, 0.3) is 0 Å². The summed E-state index contributed by atoms with van der Waals surface area (Å²) in [6.45, 7) is 6.42. The summed E-state index contributed by atoms with van der Waals surface area (Å²) in [5, 5.41) is 8.61. The largest absolute Gasteiger partial charge is 0.353 e. The fourth-order valence-corrected chi connectivity index (χ4v) is 5.38. The van der Waals surface area contributed by atoms with E-state index in [1.54, 1.807) is 29.6 Å². The van der Waals surface area contributed by atoms with Crippen LogP contribution in [0.2, 0.25) is 5.02 Å². The van der Waals surface area contributed by atoms with E-state index in [1.807, 2.05) is 19.9 Å². The van der Waals surface area contributed by atoms with Crippen LogP contribution in [-0.4, -0.2) is 64.2 Å². The van der Waals surface area contributed by atoms with Crippen LogP contribution >= 0.6 is 22.9 Å². The number of nitrogens with zero attached hydrogens (tertiary/aromatic N) is 3. The molecule has 3 amide bonds. The van der Waals surface area contributed by atoms with Crippen molar-refractivity contribution >= 4 is 45.8 Å². The van der Waals surface area contributed by atoms with Crippen molar-refractivity contribution in [3.8, 4) is 0 Å². The van der Waals surface area contributed by atoms with E-state index >= 15 is 0 Å². The summed E-state index contributed by atoms with van der Waals surface area (Å²) in [6.07, 6.45) is 1.99. The van der Waals surface area contributed by atoms with Crippen LogP contribution in [-0.2, 0) is 22.6 Å². The number of carbonyl (C=O) groups is 3. The molecule has 8 nitrogen and oxygen atoms in total. The number of halogens is 1. The van der Waals surface area contributed by atoms with Crippen molar-refractivity contribution in [1.29, 1.82) is 0 Å². The summed E-state index contributed by atoms with van der Waals surface area (Å²) in [5.41, 5.74) is 2.37. The zero-order chi connectivity index (χ0) is 27.8. The van der Waals surface area contributed by atoms with E-state index in [9.17, 15) is 14.4 Å². The van der Waals surface area contributed by atoms with Crippen molar-refractivity contribution in [2.24, 2.45) is 0 Å². The summed E-state index contributed by atoms with van der Waals surface area (Å²) >= 11 is 7.18. The second-order valence-corrected chi connectivity index (χ2v) is 11.3. The number of benzene rings is 2. The molecule has 0 spiro atoms. The van der Waals surface area contributed by atoms with Gasteiger partial charge in [0.15, 0.2) is 5.13 Å². The lowest BCUT2D eigenvalue weighted by Crippen LogP contribution is -2.44. The van der Waals surface area contributed by atoms with E-state index in [0.717, 1.165) is 32.5 Å². The number of nitrogens with one attached hydrogen (secondary N) is 2. The summed E-state index contributed by atoms with van der Waals surface area (Å²) in [7, 11) is 0. The monoisotopic (exact) mass is 567 g/mol. The number of amides is 3. The van der Waals surface area contributed by atoms with Gasteiger partial charge in [-0.15, -0.1) is 11.3 Å². The normalized spacial score (nSPS) is 14.3. The number of thiazole rings is 1. The van der Waals surface area contributed by atoms with E-state index in [0.29, 0.717) is 21.4 Å². The lowest BCUT2D eigenvalue weighted by Gasteiger charge is -2.32. The quantitative estimate of drug-likeness (QED) is 0.373. The van der Waals surface area contributed by atoms with Gasteiger partial charge in [0.2, 0.25) is 11.8 Å². The van der Waals surface area contributed by atoms with Crippen molar-refractivity contribution in [2.45, 2.75) is 51.7 Å². The Labute approximate surface area is 238 Å². The highest BCUT2D eigenvalue weighted by atomic mass is 35.5. The van der Waals surface area contributed by atoms with Gasteiger partial charge in [0.25, 0.3) is 5.91 Å². The second-order valence-electron chi connectivity index (χ2n) is 10.0. The Morgan fingerprint density at radius 2 is 1.74 bits per heavy atom. The Balaban J connectivity index is 1.22. The lowest BCUT2D eigenvalue weighted by atomic mass is 10.0. The molecule has 1 aliphatic heterocycles. The van der Waals surface area contributed by atoms with Gasteiger partial charge < -0.3 is 15.5 Å². The third-order valence-electron chi connectivity index (χ3n) is 6.63. The van der Waals surface area contributed by atoms with Gasteiger partial charge >= 0.3 is 0 Å². The topological polar surface area (TPSA) is 94.6 Å². The van der Waals surface area contributed by atoms with Crippen molar-refractivity contribution in [3.05, 3.63) is 81.8 Å². The first kappa shape index (κ1) is 28.7. The van der Waals surface area contributed by atoms with E-state index in [4.69, 9.17) is 11.6 Å². The Bertz CT molecular complexity index is 1260. The Morgan fingerprint density at radius 3 is 2.41 bits per heavy atom. The molecule has 1 saturated heterocycles. The molecule has 10 heteroatoms. The maximum Gasteiger partial charge on any atom is 0.254 e. The predicted molar refractivity (Wildman–Crippen MR) is 155 cm³/mol. The number of rotatable bonds is 10. The van der Waals surface area contributed by atoms with E-state index < -0.39 is 0 Å². The smallest absolute Gasteiger partial charge is 0.254 e. The number of hydrogen-bond donors (Lipinski definition) is 2. The van der Waals surface area contributed by atoms with Gasteiger partial charge in [0.05, 0.1) is 12.1 Å². The first-order chi connectivity index (χ1) is 18.8. The molecule has 1 fully saturated rings. The number of hydrogen-bond acceptors (Lipinski definition) is 6. The van der Waals surface area contributed by atoms with Gasteiger partial charge in [0.1, 0.15) is 6.54 Å². The molecular weight excluding hydrogens is 534 g/mol. The molecule has 2 N–H and O–H groups in total. The predicted octanol–water partition coefficient (Wildman–Crippen LogP) is 4.61. The molecule has 2 heterocycles. The number of carbonyl (C=O) groups excluding carboxylic acids is 3. The van der Waals surface area contributed by atoms with E-state index in [1.165, 1.54) is 21.8 Å². The van der Waals surface area contributed by atoms with Gasteiger partial charge in [0, 0.05) is 47.7 Å². The van der Waals surface area contributed by atoms with Gasteiger partial charge in [-0.2, -0.15) is 0 Å². The van der Waals surface area contributed by atoms with Gasteiger partial charge in [-0.3, -0.25) is 19.3 Å². The SMILES string of the molecule is CC(C)N(CC(=O)Nc1nc(CC(=O)NC2CCN(Cc3ccccc3)CC2)cs1)C(=O)c1ccc(Cl)cc1. The van der Waals surface area contributed by atoms with Crippen molar-refractivity contribution in [1.82, 2.24) is 20.1 Å². The number of piperidine rings is 1. The zero-order valence-corrected chi connectivity index (χ0v) is 23.8. The summed E-state index contributed by atoms with van der Waals surface area (Å²) in [5.74, 6) is -0.669. The van der Waals surface area contributed by atoms with Crippen molar-refractivity contribution in [3.63, 3.8) is 0 Å². The van der Waals surface area contributed by atoms with Crippen LogP contribution in [0.5, 0.6) is 0 Å². The number of anilines is 1. The number of likely N-dealkylation sites (tertiary alicyclic amines) is 1. The van der Waals surface area contributed by atoms with Crippen molar-refractivity contribution in [2.75, 3.05) is 25.0 Å². The third kappa shape index (κ3) is 8.61. The van der Waals surface area contributed by atoms with Crippen LogP contribution in [0.4, 0.5) is 5.13 Å². The van der Waals surface area contributed by atoms with Crippen molar-refractivity contribution < 1.29 is 14.4 Å². The molecule has 0 unspecified atom stereocenters. The first-order valence-corrected chi connectivity index (χ1v) is 14.4. The summed E-state index contributed by atoms with van der Waals surface area (Å²) in [6, 6.07) is 17.0. The average Bonchev–Trinajstić information content (AvgIpc) is 3.35. The minimum atomic E-state index is -0.348. The van der Waals surface area contributed by atoms with Crippen LogP contribution in [0.1, 0.15) is 48.3 Å². The maximum absolute atomic E-state index is 12.9. The molecular formula is C29H34ClN5O3S. The van der Waals surface area contributed by atoms with E-state index in [2.05, 4.69) is 44.8 Å². The van der Waals surface area contributed by atoms with Gasteiger partial charge in [-0.05, 0) is 56.5 Å². The first-order valence-electron chi connectivity index (χ1n) is 13.1. The molecule has 1 aromatic heterocycles. The average molecular weight is 568 g/mol. The number of aromatic nitrogens is 1. The van der Waals surface area contributed by atoms with Crippen LogP contribution in [0, 0.1) is 0 Å². The minimum Gasteiger partial charge on any atom is -0.353 e. The Kier molecular flexibility index (Phi) is 10.1. The fraction of sp³-hybridized carbons (Fsp3) is 0.379. The highest BCUT2D eigenvalue weighted by molar-refractivity contribution is 7.13. The van der Waals surface area contributed by atoms with Crippen LogP contribution in [0.3, 0.4) is 0 Å². The third-order valence-corrected chi connectivity index (χ3v) is 7.69. The highest BCUT2D eigenvalue weighted by Gasteiger charge is 2.23. The Hall–Kier alpha value is -3.27. The molecule has 2 aromatic carbocycles. The molecule has 4 rings (SSSR count). The molecule has 39 heavy (non-hydrogen) atoms. The molecule has 0 aliphatic carbocycles. The molecule has 0 radical (unpaired) electrons. The fourth-order valence-electron chi connectivity index (χ4n) is 4.53. The second kappa shape index (κ2) is 13.7. The molecule has 206 valence electrons. The summed E-state index contributed by atoms with van der Waals surface area (Å²) < 4.78 is 0. The van der Waals surface area contributed by atoms with E-state index in [-0.39, 0.29) is 42.8 Å². The molecule has 0 saturated carbocycles. The molecule has 0 bridgehead atoms. The summed E-state index contributed by atoms with van der Waals surface area (Å²) in [4.78, 5) is 46.6. The standard InChI is InChI=1S/C29H34ClN5O3S/c1-20(2)35(28(38)22-8-10-23(30)11-9-22)18-27(37)33-29-32-25(19-39-29)16-26(36)31-24-12-14-34(15-13-24)17-21-6-4-3-5-7-21/h3-11,19-20,24H,12-18H2,1-2H3,(H,31,36)(H,32,33,37). The zero-order valence-electron chi connectivity index (χ0n) is 22.2. The molecule has 0 atom stereocenters. The Morgan fingerprint density at radius 1 is 1.05 bits per heavy atom. The lowest BCUT2D eigenvalue weighted by molar-refractivity contribution is -0.121. The molecule has 3 aromatic rings. The van der Waals surface area contributed by atoms with Crippen LogP contribution < -0.4 is 10.6 Å². The van der Waals surface area contributed by atoms with Gasteiger partial charge in [-0.25, -0.2) is 4.98 Å².